The van der Waals surface area contributed by atoms with Crippen LogP contribution in [0.15, 0.2) is 71.5 Å². The Balaban J connectivity index is 1.68. The van der Waals surface area contributed by atoms with Crippen LogP contribution in [0.25, 0.3) is 27.9 Å². The predicted octanol–water partition coefficient (Wildman–Crippen LogP) is 3.92. The van der Waals surface area contributed by atoms with E-state index in [9.17, 15) is 9.59 Å². The molecule has 0 spiro atoms. The molecule has 0 amide bonds. The first kappa shape index (κ1) is 21.4. The van der Waals surface area contributed by atoms with Crippen LogP contribution in [0.4, 0.5) is 0 Å². The number of hydrogen-bond donors (Lipinski definition) is 0. The smallest absolute Gasteiger partial charge is 0.351 e. The summed E-state index contributed by atoms with van der Waals surface area (Å²) in [4.78, 5) is 31.1. The number of rotatable bonds is 6. The fourth-order valence-electron chi connectivity index (χ4n) is 3.92. The van der Waals surface area contributed by atoms with Gasteiger partial charge in [-0.15, -0.1) is 5.10 Å². The number of carbonyl (C=O) groups is 1. The fourth-order valence-corrected chi connectivity index (χ4v) is 3.92. The van der Waals surface area contributed by atoms with E-state index in [-0.39, 0.29) is 12.3 Å². The largest absolute Gasteiger partial charge is 0.497 e. The van der Waals surface area contributed by atoms with Gasteiger partial charge in [-0.2, -0.15) is 4.52 Å². The number of nitrogens with zero attached hydrogens (tertiary/aromatic N) is 4. The molecule has 8 nitrogen and oxygen atoms in total. The van der Waals surface area contributed by atoms with Gasteiger partial charge in [0.2, 0.25) is 0 Å². The summed E-state index contributed by atoms with van der Waals surface area (Å²) in [6.45, 7) is 1.85. The average Bonchev–Trinajstić information content (AvgIpc) is 3.32. The number of para-hydroxylation sites is 1. The van der Waals surface area contributed by atoms with Crippen molar-refractivity contribution in [2.45, 2.75) is 13.5 Å². The van der Waals surface area contributed by atoms with Crippen molar-refractivity contribution in [2.75, 3.05) is 14.2 Å². The Hall–Kier alpha value is -4.46. The maximum atomic E-state index is 13.5. The summed E-state index contributed by atoms with van der Waals surface area (Å²) >= 11 is 0. The summed E-state index contributed by atoms with van der Waals surface area (Å²) < 4.78 is 13.4. The minimum atomic E-state index is -0.442. The van der Waals surface area contributed by atoms with Gasteiger partial charge >= 0.3 is 5.69 Å². The van der Waals surface area contributed by atoms with Crippen molar-refractivity contribution in [3.8, 4) is 22.9 Å². The number of benzene rings is 3. The number of methoxy groups -OCH3 is 2. The van der Waals surface area contributed by atoms with Crippen LogP contribution in [0.5, 0.6) is 11.5 Å². The lowest BCUT2D eigenvalue weighted by Gasteiger charge is -2.10. The van der Waals surface area contributed by atoms with Crippen LogP contribution in [-0.4, -0.2) is 39.2 Å². The molecule has 2 aromatic heterocycles. The molecule has 0 aliphatic heterocycles. The normalized spacial score (nSPS) is 11.1. The first-order valence-corrected chi connectivity index (χ1v) is 10.7. The molecule has 0 aliphatic carbocycles. The van der Waals surface area contributed by atoms with Crippen LogP contribution in [0.3, 0.4) is 0 Å². The number of carbonyl (C=O) groups excluding carboxylic acids is 1. The van der Waals surface area contributed by atoms with Crippen molar-refractivity contribution >= 4 is 22.3 Å². The van der Waals surface area contributed by atoms with Gasteiger partial charge in [-0.25, -0.2) is 9.78 Å². The Morgan fingerprint density at radius 1 is 0.941 bits per heavy atom. The van der Waals surface area contributed by atoms with E-state index in [0.717, 1.165) is 5.56 Å². The third kappa shape index (κ3) is 3.69. The Bertz CT molecular complexity index is 1580. The maximum absolute atomic E-state index is 13.5. The highest BCUT2D eigenvalue weighted by atomic mass is 16.5. The third-order valence-electron chi connectivity index (χ3n) is 5.74. The Morgan fingerprint density at radius 2 is 1.62 bits per heavy atom. The Morgan fingerprint density at radius 3 is 2.29 bits per heavy atom. The zero-order valence-corrected chi connectivity index (χ0v) is 19.0. The first-order chi connectivity index (χ1) is 16.5. The quantitative estimate of drug-likeness (QED) is 0.362. The highest BCUT2D eigenvalue weighted by molar-refractivity contribution is 5.98. The van der Waals surface area contributed by atoms with Gasteiger partial charge in [0.05, 0.1) is 26.3 Å². The molecular weight excluding hydrogens is 432 g/mol. The van der Waals surface area contributed by atoms with E-state index in [0.29, 0.717) is 45.0 Å². The number of ketones is 1. The van der Waals surface area contributed by atoms with Crippen LogP contribution < -0.4 is 15.2 Å². The Labute approximate surface area is 195 Å². The molecule has 170 valence electrons. The van der Waals surface area contributed by atoms with Crippen molar-refractivity contribution in [3.05, 3.63) is 88.3 Å². The number of aromatic nitrogens is 4. The topological polar surface area (TPSA) is 87.7 Å². The second-order valence-corrected chi connectivity index (χ2v) is 7.95. The lowest BCUT2D eigenvalue weighted by molar-refractivity contribution is 0.0971. The molecule has 0 saturated heterocycles. The molecule has 34 heavy (non-hydrogen) atoms. The summed E-state index contributed by atoms with van der Waals surface area (Å²) in [5.74, 6) is 1.35. The number of ether oxygens (including phenoxy) is 2. The fraction of sp³-hybridized carbons (Fsp3) is 0.154. The minimum absolute atomic E-state index is 0.111. The molecule has 2 heterocycles. The molecule has 5 rings (SSSR count). The van der Waals surface area contributed by atoms with Crippen molar-refractivity contribution in [2.24, 2.45) is 0 Å². The Kier molecular flexibility index (Phi) is 5.33. The molecule has 3 aromatic carbocycles. The summed E-state index contributed by atoms with van der Waals surface area (Å²) in [7, 11) is 3.12. The zero-order valence-electron chi connectivity index (χ0n) is 19.0. The van der Waals surface area contributed by atoms with Gasteiger partial charge in [0, 0.05) is 22.6 Å². The highest BCUT2D eigenvalue weighted by Crippen LogP contribution is 2.29. The van der Waals surface area contributed by atoms with E-state index in [4.69, 9.17) is 9.47 Å². The minimum Gasteiger partial charge on any atom is -0.497 e. The maximum Gasteiger partial charge on any atom is 0.351 e. The van der Waals surface area contributed by atoms with Crippen LogP contribution in [0.2, 0.25) is 0 Å². The summed E-state index contributed by atoms with van der Waals surface area (Å²) in [6.07, 6.45) is 0. The van der Waals surface area contributed by atoms with Gasteiger partial charge in [0.15, 0.2) is 17.3 Å². The van der Waals surface area contributed by atoms with E-state index in [1.54, 1.807) is 44.6 Å². The lowest BCUT2D eigenvalue weighted by atomic mass is 10.1. The van der Waals surface area contributed by atoms with E-state index in [1.165, 1.54) is 9.08 Å². The van der Waals surface area contributed by atoms with Crippen LogP contribution in [0, 0.1) is 6.92 Å². The molecule has 0 N–H and O–H groups in total. The number of Topliss-reactive ketones (excluding diaryl/α,β-unsaturated/α-hetero) is 1. The van der Waals surface area contributed by atoms with Crippen LogP contribution in [-0.2, 0) is 6.54 Å². The van der Waals surface area contributed by atoms with Crippen molar-refractivity contribution in [3.63, 3.8) is 0 Å². The number of aryl methyl sites for hydroxylation is 1. The van der Waals surface area contributed by atoms with Gasteiger partial charge in [0.25, 0.3) is 0 Å². The molecule has 0 atom stereocenters. The molecule has 0 bridgehead atoms. The molecular formula is C26H22N4O4. The van der Waals surface area contributed by atoms with Crippen molar-refractivity contribution in [1.82, 2.24) is 19.2 Å². The van der Waals surface area contributed by atoms with Crippen LogP contribution in [0.1, 0.15) is 15.9 Å². The molecule has 0 fully saturated rings. The SMILES string of the molecule is COc1cc(OC)cc(-c2nc3c4ccccc4n(CC(=O)c4ccc(C)cc4)c(=O)n3n2)c1. The molecule has 5 aromatic rings. The molecule has 0 radical (unpaired) electrons. The van der Waals surface area contributed by atoms with Crippen molar-refractivity contribution in [1.29, 1.82) is 0 Å². The summed E-state index contributed by atoms with van der Waals surface area (Å²) in [6, 6.07) is 20.0. The molecule has 8 heteroatoms. The van der Waals surface area contributed by atoms with Crippen LogP contribution >= 0.6 is 0 Å². The standard InChI is InChI=1S/C26H22N4O4/c1-16-8-10-17(11-9-16)23(31)15-29-22-7-5-4-6-21(22)25-27-24(28-30(25)26(29)32)18-12-19(33-2)14-20(13-18)34-3/h4-14H,15H2,1-3H3. The second-order valence-electron chi connectivity index (χ2n) is 7.95. The highest BCUT2D eigenvalue weighted by Gasteiger charge is 2.18. The number of hydrogen-bond acceptors (Lipinski definition) is 6. The first-order valence-electron chi connectivity index (χ1n) is 10.7. The van der Waals surface area contributed by atoms with Gasteiger partial charge in [-0.3, -0.25) is 9.36 Å². The molecule has 0 saturated carbocycles. The van der Waals surface area contributed by atoms with Gasteiger partial charge in [-0.05, 0) is 31.2 Å². The van der Waals surface area contributed by atoms with Crippen molar-refractivity contribution < 1.29 is 14.3 Å². The zero-order chi connectivity index (χ0) is 23.8. The monoisotopic (exact) mass is 454 g/mol. The summed E-state index contributed by atoms with van der Waals surface area (Å²) in [5.41, 5.74) is 2.84. The van der Waals surface area contributed by atoms with E-state index < -0.39 is 5.69 Å². The lowest BCUT2D eigenvalue weighted by Crippen LogP contribution is -2.30. The second kappa shape index (κ2) is 8.47. The molecule has 0 aliphatic rings. The van der Waals surface area contributed by atoms with Gasteiger partial charge in [-0.1, -0.05) is 42.0 Å². The molecule has 0 unspecified atom stereocenters. The third-order valence-corrected chi connectivity index (χ3v) is 5.74. The number of fused-ring (bicyclic) bond motifs is 3. The summed E-state index contributed by atoms with van der Waals surface area (Å²) in [5, 5.41) is 5.20. The van der Waals surface area contributed by atoms with Gasteiger partial charge < -0.3 is 9.47 Å². The van der Waals surface area contributed by atoms with E-state index >= 15 is 0 Å². The average molecular weight is 454 g/mol. The predicted molar refractivity (Wildman–Crippen MR) is 129 cm³/mol. The van der Waals surface area contributed by atoms with Gasteiger partial charge in [0.1, 0.15) is 11.5 Å². The van der Waals surface area contributed by atoms with E-state index in [1.807, 2.05) is 43.3 Å². The van der Waals surface area contributed by atoms with E-state index in [2.05, 4.69) is 10.1 Å².